The van der Waals surface area contributed by atoms with Gasteiger partial charge < -0.3 is 10.2 Å². The summed E-state index contributed by atoms with van der Waals surface area (Å²) < 4.78 is 37.1. The van der Waals surface area contributed by atoms with Crippen LogP contribution in [0.2, 0.25) is 0 Å². The molecule has 0 saturated carbocycles. The van der Waals surface area contributed by atoms with Gasteiger partial charge in [0, 0.05) is 31.9 Å². The number of nitrogens with one attached hydrogen (secondary N) is 1. The van der Waals surface area contributed by atoms with Crippen molar-refractivity contribution in [2.45, 2.75) is 19.1 Å². The third-order valence-corrected chi connectivity index (χ3v) is 3.06. The van der Waals surface area contributed by atoms with Gasteiger partial charge in [-0.15, -0.1) is 0 Å². The van der Waals surface area contributed by atoms with Crippen LogP contribution in [-0.4, -0.2) is 41.5 Å². The summed E-state index contributed by atoms with van der Waals surface area (Å²) >= 11 is 0. The first-order valence-electron chi connectivity index (χ1n) is 5.94. The van der Waals surface area contributed by atoms with Crippen molar-refractivity contribution in [1.82, 2.24) is 15.2 Å². The molecule has 1 amide bonds. The summed E-state index contributed by atoms with van der Waals surface area (Å²) in [5, 5.41) is 3.14. The highest BCUT2D eigenvalue weighted by molar-refractivity contribution is 5.94. The van der Waals surface area contributed by atoms with Gasteiger partial charge in [0.15, 0.2) is 0 Å². The Labute approximate surface area is 108 Å². The molecule has 1 N–H and O–H groups in total. The number of amides is 1. The van der Waals surface area contributed by atoms with Crippen molar-refractivity contribution in [3.63, 3.8) is 0 Å². The first-order chi connectivity index (χ1) is 8.89. The van der Waals surface area contributed by atoms with Gasteiger partial charge in [0.2, 0.25) is 0 Å². The lowest BCUT2D eigenvalue weighted by Crippen LogP contribution is -2.52. The lowest BCUT2D eigenvalue weighted by atomic mass is 10.1. The van der Waals surface area contributed by atoms with Crippen molar-refractivity contribution in [3.05, 3.63) is 29.6 Å². The zero-order valence-electron chi connectivity index (χ0n) is 10.4. The number of aromatic nitrogens is 1. The molecule has 104 valence electrons. The van der Waals surface area contributed by atoms with E-state index in [1.165, 1.54) is 6.07 Å². The fraction of sp³-hybridized carbons (Fsp3) is 0.500. The summed E-state index contributed by atoms with van der Waals surface area (Å²) in [7, 11) is 0. The molecule has 7 heteroatoms. The molecule has 4 nitrogen and oxygen atoms in total. The number of pyridine rings is 1. The van der Waals surface area contributed by atoms with Gasteiger partial charge in [0.1, 0.15) is 5.69 Å². The molecule has 0 bridgehead atoms. The van der Waals surface area contributed by atoms with Crippen molar-refractivity contribution in [2.75, 3.05) is 19.6 Å². The fourth-order valence-corrected chi connectivity index (χ4v) is 2.00. The molecule has 1 aromatic rings. The number of carbonyl (C=O) groups is 1. The zero-order chi connectivity index (χ0) is 14.0. The average molecular weight is 273 g/mol. The molecule has 0 aromatic carbocycles. The Morgan fingerprint density at radius 3 is 2.74 bits per heavy atom. The zero-order valence-corrected chi connectivity index (χ0v) is 10.4. The van der Waals surface area contributed by atoms with Crippen LogP contribution in [0, 0.1) is 0 Å². The summed E-state index contributed by atoms with van der Waals surface area (Å²) in [6.07, 6.45) is -3.50. The number of rotatable bonds is 1. The van der Waals surface area contributed by atoms with Crippen LogP contribution in [0.1, 0.15) is 23.0 Å². The molecule has 19 heavy (non-hydrogen) atoms. The summed E-state index contributed by atoms with van der Waals surface area (Å²) in [5.41, 5.74) is -0.806. The van der Waals surface area contributed by atoms with Gasteiger partial charge in [-0.3, -0.25) is 9.78 Å². The van der Waals surface area contributed by atoms with Gasteiger partial charge in [0.25, 0.3) is 5.91 Å². The first kappa shape index (κ1) is 13.8. The van der Waals surface area contributed by atoms with Crippen LogP contribution in [-0.2, 0) is 6.18 Å². The van der Waals surface area contributed by atoms with Crippen LogP contribution >= 0.6 is 0 Å². The largest absolute Gasteiger partial charge is 0.433 e. The second kappa shape index (κ2) is 5.16. The van der Waals surface area contributed by atoms with Gasteiger partial charge >= 0.3 is 6.18 Å². The molecule has 1 aliphatic heterocycles. The van der Waals surface area contributed by atoms with E-state index in [0.717, 1.165) is 12.3 Å². The van der Waals surface area contributed by atoms with Gasteiger partial charge in [-0.1, -0.05) is 0 Å². The molecule has 1 aliphatic rings. The number of piperazine rings is 1. The summed E-state index contributed by atoms with van der Waals surface area (Å²) in [6.45, 7) is 3.80. The summed E-state index contributed by atoms with van der Waals surface area (Å²) in [5.74, 6) is -0.282. The normalized spacial score (nSPS) is 20.4. The smallest absolute Gasteiger partial charge is 0.333 e. The molecule has 0 spiro atoms. The third-order valence-electron chi connectivity index (χ3n) is 3.06. The van der Waals surface area contributed by atoms with Crippen molar-refractivity contribution >= 4 is 5.91 Å². The maximum absolute atomic E-state index is 12.4. The van der Waals surface area contributed by atoms with Crippen LogP contribution in [0.5, 0.6) is 0 Å². The molecular formula is C12H14F3N3O. The number of hydrogen-bond donors (Lipinski definition) is 1. The van der Waals surface area contributed by atoms with E-state index in [-0.39, 0.29) is 17.5 Å². The van der Waals surface area contributed by atoms with Crippen LogP contribution in [0.3, 0.4) is 0 Å². The van der Waals surface area contributed by atoms with Crippen LogP contribution in [0.25, 0.3) is 0 Å². The topological polar surface area (TPSA) is 45.2 Å². The Hall–Kier alpha value is -1.63. The highest BCUT2D eigenvalue weighted by Crippen LogP contribution is 2.27. The monoisotopic (exact) mass is 273 g/mol. The second-order valence-electron chi connectivity index (χ2n) is 4.48. The Morgan fingerprint density at radius 1 is 1.47 bits per heavy atom. The first-order valence-corrected chi connectivity index (χ1v) is 5.94. The Morgan fingerprint density at radius 2 is 2.21 bits per heavy atom. The fourth-order valence-electron chi connectivity index (χ4n) is 2.00. The quantitative estimate of drug-likeness (QED) is 0.844. The third kappa shape index (κ3) is 3.04. The highest BCUT2D eigenvalue weighted by Gasteiger charge is 2.32. The highest BCUT2D eigenvalue weighted by atomic mass is 19.4. The van der Waals surface area contributed by atoms with Crippen LogP contribution < -0.4 is 5.32 Å². The average Bonchev–Trinajstić information content (AvgIpc) is 2.38. The number of halogens is 3. The SMILES string of the molecule is C[C@@H]1CNCCN1C(=O)c1ccc(C(F)(F)F)nc1. The van der Waals surface area contributed by atoms with E-state index in [1.807, 2.05) is 6.92 Å². The predicted octanol–water partition coefficient (Wildman–Crippen LogP) is 1.53. The predicted molar refractivity (Wildman–Crippen MR) is 62.6 cm³/mol. The maximum Gasteiger partial charge on any atom is 0.433 e. The minimum atomic E-state index is -4.48. The van der Waals surface area contributed by atoms with Gasteiger partial charge in [-0.25, -0.2) is 0 Å². The van der Waals surface area contributed by atoms with E-state index in [2.05, 4.69) is 10.3 Å². The molecular weight excluding hydrogens is 259 g/mol. The van der Waals surface area contributed by atoms with Gasteiger partial charge in [-0.05, 0) is 19.1 Å². The van der Waals surface area contributed by atoms with Crippen LogP contribution in [0.4, 0.5) is 13.2 Å². The molecule has 1 aromatic heterocycles. The number of alkyl halides is 3. The molecule has 1 saturated heterocycles. The Kier molecular flexibility index (Phi) is 3.75. The Balaban J connectivity index is 2.15. The minimum Gasteiger partial charge on any atom is -0.333 e. The van der Waals surface area contributed by atoms with E-state index in [4.69, 9.17) is 0 Å². The Bertz CT molecular complexity index is 458. The summed E-state index contributed by atoms with van der Waals surface area (Å²) in [6, 6.07) is 2.02. The number of carbonyl (C=O) groups excluding carboxylic acids is 1. The molecule has 2 heterocycles. The van der Waals surface area contributed by atoms with E-state index in [9.17, 15) is 18.0 Å². The maximum atomic E-state index is 12.4. The summed E-state index contributed by atoms with van der Waals surface area (Å²) in [4.78, 5) is 17.1. The van der Waals surface area contributed by atoms with Crippen molar-refractivity contribution in [3.8, 4) is 0 Å². The molecule has 0 aliphatic carbocycles. The van der Waals surface area contributed by atoms with Gasteiger partial charge in [-0.2, -0.15) is 13.2 Å². The minimum absolute atomic E-state index is 0.0172. The molecule has 2 rings (SSSR count). The van der Waals surface area contributed by atoms with E-state index < -0.39 is 11.9 Å². The van der Waals surface area contributed by atoms with E-state index in [0.29, 0.717) is 19.6 Å². The van der Waals surface area contributed by atoms with E-state index >= 15 is 0 Å². The molecule has 0 unspecified atom stereocenters. The standard InChI is InChI=1S/C12H14F3N3O/c1-8-6-16-4-5-18(8)11(19)9-2-3-10(17-7-9)12(13,14)15/h2-3,7-8,16H,4-6H2,1H3/t8-/m1/s1. The second-order valence-corrected chi connectivity index (χ2v) is 4.48. The van der Waals surface area contributed by atoms with Crippen molar-refractivity contribution < 1.29 is 18.0 Å². The lowest BCUT2D eigenvalue weighted by molar-refractivity contribution is -0.141. The molecule has 1 atom stereocenters. The van der Waals surface area contributed by atoms with Gasteiger partial charge in [0.05, 0.1) is 5.56 Å². The number of nitrogens with zero attached hydrogens (tertiary/aromatic N) is 2. The number of hydrogen-bond acceptors (Lipinski definition) is 3. The molecule has 1 fully saturated rings. The van der Waals surface area contributed by atoms with Crippen molar-refractivity contribution in [1.29, 1.82) is 0 Å². The van der Waals surface area contributed by atoms with Crippen LogP contribution in [0.15, 0.2) is 18.3 Å². The lowest BCUT2D eigenvalue weighted by Gasteiger charge is -2.34. The molecule has 0 radical (unpaired) electrons. The van der Waals surface area contributed by atoms with E-state index in [1.54, 1.807) is 4.90 Å². The van der Waals surface area contributed by atoms with Crippen molar-refractivity contribution in [2.24, 2.45) is 0 Å².